The van der Waals surface area contributed by atoms with Crippen LogP contribution in [0.3, 0.4) is 0 Å². The van der Waals surface area contributed by atoms with E-state index in [1.165, 1.54) is 6.20 Å². The second kappa shape index (κ2) is 4.87. The zero-order valence-corrected chi connectivity index (χ0v) is 12.2. The monoisotopic (exact) mass is 302 g/mol. The van der Waals surface area contributed by atoms with Crippen LogP contribution in [0.5, 0.6) is 0 Å². The summed E-state index contributed by atoms with van der Waals surface area (Å²) in [6.45, 7) is 3.80. The molecule has 2 aromatic rings. The van der Waals surface area contributed by atoms with E-state index >= 15 is 0 Å². The normalized spacial score (nSPS) is 11.5. The summed E-state index contributed by atoms with van der Waals surface area (Å²) in [5.74, 6) is 0. The van der Waals surface area contributed by atoms with E-state index in [0.717, 1.165) is 22.5 Å². The molecule has 2 rings (SSSR count). The van der Waals surface area contributed by atoms with Crippen LogP contribution < -0.4 is 4.72 Å². The molecule has 0 unspecified atom stereocenters. The number of hydrogen-bond acceptors (Lipinski definition) is 4. The summed E-state index contributed by atoms with van der Waals surface area (Å²) in [4.78, 5) is 3.73. The van der Waals surface area contributed by atoms with Crippen molar-refractivity contribution in [1.29, 1.82) is 0 Å². The highest BCUT2D eigenvalue weighted by atomic mass is 35.5. The zero-order chi connectivity index (χ0) is 13.3. The second-order valence-electron chi connectivity index (χ2n) is 3.79. The van der Waals surface area contributed by atoms with E-state index in [9.17, 15) is 8.42 Å². The van der Waals surface area contributed by atoms with Gasteiger partial charge in [0.15, 0.2) is 8.68 Å². The molecule has 0 bridgehead atoms. The van der Waals surface area contributed by atoms with E-state index in [1.54, 1.807) is 12.1 Å². The first-order valence-electron chi connectivity index (χ1n) is 5.10. The van der Waals surface area contributed by atoms with Gasteiger partial charge in [0, 0.05) is 0 Å². The lowest BCUT2D eigenvalue weighted by molar-refractivity contribution is 0.603. The van der Waals surface area contributed by atoms with E-state index in [-0.39, 0.29) is 8.68 Å². The van der Waals surface area contributed by atoms with Gasteiger partial charge in [-0.1, -0.05) is 35.1 Å². The predicted molar refractivity (Wildman–Crippen MR) is 73.8 cm³/mol. The number of aromatic nitrogens is 1. The highest BCUT2D eigenvalue weighted by molar-refractivity contribution is 7.94. The summed E-state index contributed by atoms with van der Waals surface area (Å²) in [5.41, 5.74) is 2.49. The Labute approximate surface area is 115 Å². The molecule has 0 aliphatic rings. The van der Waals surface area contributed by atoms with Gasteiger partial charge < -0.3 is 0 Å². The van der Waals surface area contributed by atoms with Crippen LogP contribution in [0.1, 0.15) is 11.1 Å². The van der Waals surface area contributed by atoms with Gasteiger partial charge in [-0.3, -0.25) is 4.72 Å². The number of thiazole rings is 1. The van der Waals surface area contributed by atoms with Crippen molar-refractivity contribution in [2.75, 3.05) is 4.72 Å². The van der Waals surface area contributed by atoms with Crippen LogP contribution in [0.4, 0.5) is 5.69 Å². The van der Waals surface area contributed by atoms with Crippen molar-refractivity contribution in [3.63, 3.8) is 0 Å². The first-order chi connectivity index (χ1) is 8.40. The largest absolute Gasteiger partial charge is 0.279 e. The number of anilines is 1. The van der Waals surface area contributed by atoms with Crippen molar-refractivity contribution in [2.45, 2.75) is 18.1 Å². The van der Waals surface area contributed by atoms with Crippen molar-refractivity contribution in [3.05, 3.63) is 40.0 Å². The van der Waals surface area contributed by atoms with Gasteiger partial charge in [0.05, 0.1) is 11.9 Å². The van der Waals surface area contributed by atoms with Crippen LogP contribution in [-0.2, 0) is 10.0 Å². The number of hydrogen-bond donors (Lipinski definition) is 1. The van der Waals surface area contributed by atoms with Crippen LogP contribution in [0.2, 0.25) is 4.47 Å². The van der Waals surface area contributed by atoms with Gasteiger partial charge >= 0.3 is 0 Å². The molecule has 7 heteroatoms. The highest BCUT2D eigenvalue weighted by Crippen LogP contribution is 2.26. The van der Waals surface area contributed by atoms with Crippen LogP contribution in [0.25, 0.3) is 0 Å². The summed E-state index contributed by atoms with van der Waals surface area (Å²) >= 11 is 6.57. The molecule has 0 radical (unpaired) electrons. The van der Waals surface area contributed by atoms with Crippen molar-refractivity contribution < 1.29 is 8.42 Å². The topological polar surface area (TPSA) is 59.1 Å². The third-order valence-corrected chi connectivity index (χ3v) is 5.51. The fourth-order valence-electron chi connectivity index (χ4n) is 1.42. The molecule has 0 saturated heterocycles. The molecular formula is C11H11ClN2O2S2. The molecule has 1 heterocycles. The third kappa shape index (κ3) is 2.66. The first kappa shape index (κ1) is 13.3. The Bertz CT molecular complexity index is 680. The molecule has 4 nitrogen and oxygen atoms in total. The van der Waals surface area contributed by atoms with Crippen molar-refractivity contribution >= 4 is 38.6 Å². The molecule has 96 valence electrons. The predicted octanol–water partition coefficient (Wildman–Crippen LogP) is 3.21. The standard InChI is InChI=1S/C11H11ClN2O2S2/c1-7-4-3-5-9(8(7)2)14-18(15,16)10-6-13-11(12)17-10/h3-6,14H,1-2H3. The van der Waals surface area contributed by atoms with Gasteiger partial charge in [-0.2, -0.15) is 0 Å². The lowest BCUT2D eigenvalue weighted by atomic mass is 10.1. The molecule has 1 N–H and O–H groups in total. The van der Waals surface area contributed by atoms with E-state index in [4.69, 9.17) is 11.6 Å². The number of halogens is 1. The van der Waals surface area contributed by atoms with Crippen LogP contribution in [0.15, 0.2) is 28.6 Å². The Morgan fingerprint density at radius 1 is 1.33 bits per heavy atom. The summed E-state index contributed by atoms with van der Waals surface area (Å²) in [7, 11) is -3.61. The average Bonchev–Trinajstić information content (AvgIpc) is 2.72. The quantitative estimate of drug-likeness (QED) is 0.947. The minimum Gasteiger partial charge on any atom is -0.279 e. The van der Waals surface area contributed by atoms with Crippen molar-refractivity contribution in [2.24, 2.45) is 0 Å². The number of aryl methyl sites for hydroxylation is 1. The van der Waals surface area contributed by atoms with E-state index < -0.39 is 10.0 Å². The molecule has 18 heavy (non-hydrogen) atoms. The van der Waals surface area contributed by atoms with Crippen molar-refractivity contribution in [3.8, 4) is 0 Å². The maximum Gasteiger partial charge on any atom is 0.273 e. The highest BCUT2D eigenvalue weighted by Gasteiger charge is 2.18. The first-order valence-corrected chi connectivity index (χ1v) is 7.78. The van der Waals surface area contributed by atoms with Gasteiger partial charge in [-0.15, -0.1) is 0 Å². The summed E-state index contributed by atoms with van der Waals surface area (Å²) in [6.07, 6.45) is 1.25. The Kier molecular flexibility index (Phi) is 3.61. The number of nitrogens with zero attached hydrogens (tertiary/aromatic N) is 1. The second-order valence-corrected chi connectivity index (χ2v) is 7.31. The number of sulfonamides is 1. The summed E-state index contributed by atoms with van der Waals surface area (Å²) < 4.78 is 27.0. The summed E-state index contributed by atoms with van der Waals surface area (Å²) in [6, 6.07) is 5.46. The van der Waals surface area contributed by atoms with Crippen LogP contribution >= 0.6 is 22.9 Å². The lowest BCUT2D eigenvalue weighted by Crippen LogP contribution is -2.12. The van der Waals surface area contributed by atoms with E-state index in [0.29, 0.717) is 5.69 Å². The van der Waals surface area contributed by atoms with Gasteiger partial charge in [-0.25, -0.2) is 13.4 Å². The third-order valence-electron chi connectivity index (χ3n) is 2.57. The summed E-state index contributed by atoms with van der Waals surface area (Å²) in [5, 5.41) is 0. The average molecular weight is 303 g/mol. The Morgan fingerprint density at radius 2 is 2.06 bits per heavy atom. The fraction of sp³-hybridized carbons (Fsp3) is 0.182. The number of rotatable bonds is 3. The van der Waals surface area contributed by atoms with Gasteiger partial charge in [0.2, 0.25) is 0 Å². The van der Waals surface area contributed by atoms with Crippen molar-refractivity contribution in [1.82, 2.24) is 4.98 Å². The molecule has 0 atom stereocenters. The minimum absolute atomic E-state index is 0.105. The smallest absolute Gasteiger partial charge is 0.273 e. The Balaban J connectivity index is 2.37. The SMILES string of the molecule is Cc1cccc(NS(=O)(=O)c2cnc(Cl)s2)c1C. The van der Waals surface area contributed by atoms with Gasteiger partial charge in [-0.05, 0) is 31.0 Å². The van der Waals surface area contributed by atoms with Gasteiger partial charge in [0.1, 0.15) is 0 Å². The molecule has 1 aromatic heterocycles. The van der Waals surface area contributed by atoms with Gasteiger partial charge in [0.25, 0.3) is 10.0 Å². The lowest BCUT2D eigenvalue weighted by Gasteiger charge is -2.10. The maximum atomic E-state index is 12.1. The number of benzene rings is 1. The van der Waals surface area contributed by atoms with E-state index in [2.05, 4.69) is 9.71 Å². The molecule has 0 fully saturated rings. The Hall–Kier alpha value is -1.11. The van der Waals surface area contributed by atoms with Crippen LogP contribution in [-0.4, -0.2) is 13.4 Å². The molecule has 1 aromatic carbocycles. The molecule has 0 saturated carbocycles. The Morgan fingerprint density at radius 3 is 2.67 bits per heavy atom. The fourth-order valence-corrected chi connectivity index (χ4v) is 3.84. The molecule has 0 amide bonds. The molecule has 0 aliphatic heterocycles. The molecule has 0 aliphatic carbocycles. The van der Waals surface area contributed by atoms with E-state index in [1.807, 2.05) is 19.9 Å². The molecule has 0 spiro atoms. The van der Waals surface area contributed by atoms with Crippen LogP contribution in [0, 0.1) is 13.8 Å². The minimum atomic E-state index is -3.61. The number of nitrogens with one attached hydrogen (secondary N) is 1. The maximum absolute atomic E-state index is 12.1. The molecular weight excluding hydrogens is 292 g/mol. The zero-order valence-electron chi connectivity index (χ0n) is 9.77.